The summed E-state index contributed by atoms with van der Waals surface area (Å²) in [7, 11) is 5.02. The molecule has 166 valence electrons. The zero-order chi connectivity index (χ0) is 23.1. The number of nitrogens with one attached hydrogen (secondary N) is 1. The lowest BCUT2D eigenvalue weighted by molar-refractivity contribution is -0.139. The van der Waals surface area contributed by atoms with Crippen LogP contribution in [0.15, 0.2) is 18.3 Å². The lowest BCUT2D eigenvalue weighted by atomic mass is 10.1. The lowest BCUT2D eigenvalue weighted by Gasteiger charge is -2.08. The minimum absolute atomic E-state index is 0.00773. The number of hydrogen-bond acceptors (Lipinski definition) is 10. The van der Waals surface area contributed by atoms with Crippen molar-refractivity contribution >= 4 is 46.1 Å². The molecule has 0 radical (unpaired) electrons. The summed E-state index contributed by atoms with van der Waals surface area (Å²) in [6, 6.07) is 3.17. The molecular formula is C19H20N2O9S. The van der Waals surface area contributed by atoms with Crippen molar-refractivity contribution in [3.05, 3.63) is 40.0 Å². The van der Waals surface area contributed by atoms with Gasteiger partial charge in [-0.2, -0.15) is 0 Å². The number of rotatable bonds is 8. The molecule has 2 rings (SSSR count). The Morgan fingerprint density at radius 2 is 1.68 bits per heavy atom. The molecule has 2 aromatic rings. The Kier molecular flexibility index (Phi) is 7.91. The van der Waals surface area contributed by atoms with Crippen LogP contribution >= 0.6 is 11.3 Å². The summed E-state index contributed by atoms with van der Waals surface area (Å²) in [4.78, 5) is 60.5. The quantitative estimate of drug-likeness (QED) is 0.462. The summed E-state index contributed by atoms with van der Waals surface area (Å²) >= 11 is 0.718. The molecule has 0 aromatic carbocycles. The molecule has 0 saturated heterocycles. The number of hydrogen-bond donors (Lipinski definition) is 1. The van der Waals surface area contributed by atoms with Crippen molar-refractivity contribution in [2.45, 2.75) is 6.42 Å². The van der Waals surface area contributed by atoms with E-state index in [4.69, 9.17) is 14.2 Å². The average molecular weight is 452 g/mol. The highest BCUT2D eigenvalue weighted by molar-refractivity contribution is 7.18. The molecule has 0 aliphatic rings. The molecule has 0 fully saturated rings. The topological polar surface area (TPSA) is 139 Å². The highest BCUT2D eigenvalue weighted by Crippen LogP contribution is 2.35. The third-order valence-electron chi connectivity index (χ3n) is 4.06. The van der Waals surface area contributed by atoms with Gasteiger partial charge in [0.15, 0.2) is 6.61 Å². The summed E-state index contributed by atoms with van der Waals surface area (Å²) in [5, 5.41) is 2.34. The van der Waals surface area contributed by atoms with Crippen molar-refractivity contribution in [3.63, 3.8) is 0 Å². The second kappa shape index (κ2) is 10.4. The zero-order valence-electron chi connectivity index (χ0n) is 17.2. The minimum Gasteiger partial charge on any atom is -0.469 e. The number of carbonyl (C=O) groups is 5. The summed E-state index contributed by atoms with van der Waals surface area (Å²) in [6.45, 7) is -0.650. The first-order valence-corrected chi connectivity index (χ1v) is 9.52. The fraction of sp³-hybridized carbons (Fsp3) is 0.316. The number of carbonyl (C=O) groups excluding carboxylic acids is 5. The Hall–Kier alpha value is -3.67. The first-order chi connectivity index (χ1) is 14.7. The molecule has 11 nitrogen and oxygen atoms in total. The van der Waals surface area contributed by atoms with Crippen LogP contribution in [0.5, 0.6) is 0 Å². The largest absolute Gasteiger partial charge is 0.469 e. The average Bonchev–Trinajstić information content (AvgIpc) is 3.34. The van der Waals surface area contributed by atoms with Crippen molar-refractivity contribution in [2.75, 3.05) is 33.3 Å². The van der Waals surface area contributed by atoms with Crippen LogP contribution in [0, 0.1) is 0 Å². The molecule has 31 heavy (non-hydrogen) atoms. The van der Waals surface area contributed by atoms with Crippen LogP contribution in [0.2, 0.25) is 0 Å². The first-order valence-electron chi connectivity index (χ1n) is 8.70. The Bertz CT molecular complexity index is 1020. The van der Waals surface area contributed by atoms with E-state index in [0.717, 1.165) is 32.7 Å². The van der Waals surface area contributed by atoms with E-state index in [-0.39, 0.29) is 26.7 Å². The molecule has 0 bridgehead atoms. The molecule has 0 aliphatic heterocycles. The number of ether oxygens (including phenoxy) is 4. The van der Waals surface area contributed by atoms with Crippen LogP contribution in [-0.4, -0.2) is 62.3 Å². The number of nitrogens with zero attached hydrogens (tertiary/aromatic N) is 1. The standard InChI is InChI=1S/C19H20N2O9S/c1-21-7-5-6-11(21)17(24)30-9-12(22)20-16-14(18(25)28-3)10(8-13(23)27-2)15(31-16)19(26)29-4/h5-7H,8-9H2,1-4H3,(H,20,22). The van der Waals surface area contributed by atoms with E-state index in [2.05, 4.69) is 10.1 Å². The van der Waals surface area contributed by atoms with Crippen LogP contribution in [0.4, 0.5) is 5.00 Å². The fourth-order valence-electron chi connectivity index (χ4n) is 2.55. The Balaban J connectivity index is 2.29. The van der Waals surface area contributed by atoms with Gasteiger partial charge in [-0.1, -0.05) is 0 Å². The smallest absolute Gasteiger partial charge is 0.355 e. The number of aryl methyl sites for hydroxylation is 1. The van der Waals surface area contributed by atoms with Gasteiger partial charge in [-0.3, -0.25) is 9.59 Å². The monoisotopic (exact) mass is 452 g/mol. The lowest BCUT2D eigenvalue weighted by Crippen LogP contribution is -2.22. The highest BCUT2D eigenvalue weighted by atomic mass is 32.1. The molecule has 2 heterocycles. The van der Waals surface area contributed by atoms with Crippen LogP contribution in [-0.2, 0) is 42.0 Å². The van der Waals surface area contributed by atoms with Crippen molar-refractivity contribution < 1.29 is 42.9 Å². The van der Waals surface area contributed by atoms with Crippen LogP contribution in [0.1, 0.15) is 36.1 Å². The van der Waals surface area contributed by atoms with Crippen molar-refractivity contribution in [2.24, 2.45) is 7.05 Å². The number of methoxy groups -OCH3 is 3. The second-order valence-corrected chi connectivity index (χ2v) is 7.00. The molecule has 1 amide bonds. The Labute approximate surface area is 180 Å². The Morgan fingerprint density at radius 3 is 2.23 bits per heavy atom. The van der Waals surface area contributed by atoms with Crippen LogP contribution < -0.4 is 5.32 Å². The molecule has 1 N–H and O–H groups in total. The maximum absolute atomic E-state index is 12.3. The van der Waals surface area contributed by atoms with Crippen molar-refractivity contribution in [3.8, 4) is 0 Å². The van der Waals surface area contributed by atoms with Gasteiger partial charge in [0.25, 0.3) is 5.91 Å². The predicted octanol–water partition coefficient (Wildman–Crippen LogP) is 1.17. The SMILES string of the molecule is COC(=O)Cc1c(C(=O)OC)sc(NC(=O)COC(=O)c2cccn2C)c1C(=O)OC. The van der Waals surface area contributed by atoms with E-state index in [1.54, 1.807) is 19.3 Å². The normalized spacial score (nSPS) is 10.2. The van der Waals surface area contributed by atoms with Crippen LogP contribution in [0.3, 0.4) is 0 Å². The number of amides is 1. The van der Waals surface area contributed by atoms with Gasteiger partial charge in [-0.15, -0.1) is 11.3 Å². The molecule has 2 aromatic heterocycles. The van der Waals surface area contributed by atoms with E-state index in [1.165, 1.54) is 10.6 Å². The van der Waals surface area contributed by atoms with Crippen molar-refractivity contribution in [1.82, 2.24) is 4.57 Å². The maximum atomic E-state index is 12.3. The molecule has 0 atom stereocenters. The summed E-state index contributed by atoms with van der Waals surface area (Å²) < 4.78 is 20.5. The number of aromatic nitrogens is 1. The maximum Gasteiger partial charge on any atom is 0.355 e. The van der Waals surface area contributed by atoms with Gasteiger partial charge in [0.2, 0.25) is 0 Å². The number of thiophene rings is 1. The molecule has 12 heteroatoms. The van der Waals surface area contributed by atoms with Gasteiger partial charge in [0.1, 0.15) is 15.6 Å². The first kappa shape index (κ1) is 23.6. The second-order valence-electron chi connectivity index (χ2n) is 5.98. The Morgan fingerprint density at radius 1 is 1.00 bits per heavy atom. The molecule has 0 spiro atoms. The van der Waals surface area contributed by atoms with Crippen LogP contribution in [0.25, 0.3) is 0 Å². The predicted molar refractivity (Wildman–Crippen MR) is 107 cm³/mol. The molecule has 0 saturated carbocycles. The van der Waals surface area contributed by atoms with E-state index < -0.39 is 42.8 Å². The third-order valence-corrected chi connectivity index (χ3v) is 5.18. The summed E-state index contributed by atoms with van der Waals surface area (Å²) in [6.07, 6.45) is 1.21. The number of anilines is 1. The summed E-state index contributed by atoms with van der Waals surface area (Å²) in [5.74, 6) is -3.91. The minimum atomic E-state index is -0.888. The van der Waals surface area contributed by atoms with E-state index >= 15 is 0 Å². The van der Waals surface area contributed by atoms with Gasteiger partial charge < -0.3 is 28.8 Å². The molecular weight excluding hydrogens is 432 g/mol. The van der Waals surface area contributed by atoms with Gasteiger partial charge in [-0.25, -0.2) is 14.4 Å². The molecule has 0 aliphatic carbocycles. The van der Waals surface area contributed by atoms with E-state index in [0.29, 0.717) is 0 Å². The van der Waals surface area contributed by atoms with E-state index in [9.17, 15) is 24.0 Å². The molecule has 0 unspecified atom stereocenters. The van der Waals surface area contributed by atoms with Gasteiger partial charge in [-0.05, 0) is 12.1 Å². The zero-order valence-corrected chi connectivity index (χ0v) is 18.0. The van der Waals surface area contributed by atoms with E-state index in [1.807, 2.05) is 0 Å². The highest BCUT2D eigenvalue weighted by Gasteiger charge is 2.30. The number of esters is 4. The van der Waals surface area contributed by atoms with Crippen molar-refractivity contribution in [1.29, 1.82) is 0 Å². The van der Waals surface area contributed by atoms with Gasteiger partial charge >= 0.3 is 23.9 Å². The summed E-state index contributed by atoms with van der Waals surface area (Å²) in [5.41, 5.74) is 0.0413. The van der Waals surface area contributed by atoms with Gasteiger partial charge in [0, 0.05) is 18.8 Å². The third kappa shape index (κ3) is 5.48. The fourth-order valence-corrected chi connectivity index (χ4v) is 3.70. The van der Waals surface area contributed by atoms with Gasteiger partial charge in [0.05, 0.1) is 33.3 Å².